The van der Waals surface area contributed by atoms with E-state index in [0.29, 0.717) is 27.9 Å². The van der Waals surface area contributed by atoms with Crippen LogP contribution < -0.4 is 10.6 Å². The van der Waals surface area contributed by atoms with Gasteiger partial charge in [-0.3, -0.25) is 10.1 Å². The third kappa shape index (κ3) is 2.62. The monoisotopic (exact) mass is 265 g/mol. The summed E-state index contributed by atoms with van der Waals surface area (Å²) in [6, 6.07) is 6.68. The maximum Gasteiger partial charge on any atom is 0.260 e. The lowest BCUT2D eigenvalue weighted by Crippen LogP contribution is -2.13. The summed E-state index contributed by atoms with van der Waals surface area (Å²) in [7, 11) is 1.73. The van der Waals surface area contributed by atoms with Gasteiger partial charge in [-0.1, -0.05) is 16.8 Å². The van der Waals surface area contributed by atoms with Crippen molar-refractivity contribution in [3.63, 3.8) is 0 Å². The van der Waals surface area contributed by atoms with Gasteiger partial charge in [0.2, 0.25) is 5.88 Å². The molecule has 2 N–H and O–H groups in total. The third-order valence-corrected chi connectivity index (χ3v) is 2.60. The summed E-state index contributed by atoms with van der Waals surface area (Å²) in [6.45, 7) is 1.78. The molecule has 2 rings (SSSR count). The fourth-order valence-electron chi connectivity index (χ4n) is 1.52. The average Bonchev–Trinajstić information content (AvgIpc) is 2.74. The summed E-state index contributed by atoms with van der Waals surface area (Å²) in [6.07, 6.45) is 0. The maximum absolute atomic E-state index is 12.1. The van der Waals surface area contributed by atoms with E-state index in [1.54, 1.807) is 38.2 Å². The van der Waals surface area contributed by atoms with Gasteiger partial charge in [-0.05, 0) is 25.1 Å². The number of nitrogens with one attached hydrogen (secondary N) is 2. The van der Waals surface area contributed by atoms with Crippen LogP contribution in [0, 0.1) is 6.92 Å². The Labute approximate surface area is 109 Å². The van der Waals surface area contributed by atoms with Crippen molar-refractivity contribution in [1.82, 2.24) is 5.16 Å². The molecule has 0 fully saturated rings. The number of nitrogens with zero attached hydrogens (tertiary/aromatic N) is 1. The summed E-state index contributed by atoms with van der Waals surface area (Å²) in [5, 5.41) is 9.73. The van der Waals surface area contributed by atoms with Gasteiger partial charge in [0.05, 0.1) is 11.3 Å². The van der Waals surface area contributed by atoms with E-state index >= 15 is 0 Å². The van der Waals surface area contributed by atoms with Crippen LogP contribution in [0.25, 0.3) is 0 Å². The van der Waals surface area contributed by atoms with E-state index < -0.39 is 0 Å². The number of aryl methyl sites for hydroxylation is 1. The standard InChI is InChI=1S/C12H12ClN3O2/c1-7-5-11(18-16-7)15-12(17)9-6-8(13)3-4-10(9)14-2/h3-6,14H,1-2H3,(H,15,17). The SMILES string of the molecule is CNc1ccc(Cl)cc1C(=O)Nc1cc(C)no1. The quantitative estimate of drug-likeness (QED) is 0.895. The molecular formula is C12H12ClN3O2. The van der Waals surface area contributed by atoms with Crippen LogP contribution in [-0.2, 0) is 0 Å². The zero-order chi connectivity index (χ0) is 13.1. The number of amides is 1. The molecule has 0 saturated heterocycles. The summed E-state index contributed by atoms with van der Waals surface area (Å²) in [5.74, 6) is -0.00229. The minimum Gasteiger partial charge on any atom is -0.387 e. The predicted octanol–water partition coefficient (Wildman–Crippen LogP) is 2.93. The van der Waals surface area contributed by atoms with Crippen LogP contribution in [0.4, 0.5) is 11.6 Å². The van der Waals surface area contributed by atoms with Crippen molar-refractivity contribution in [2.45, 2.75) is 6.92 Å². The smallest absolute Gasteiger partial charge is 0.260 e. The van der Waals surface area contributed by atoms with Crippen molar-refractivity contribution in [3.05, 3.63) is 40.5 Å². The van der Waals surface area contributed by atoms with E-state index in [1.165, 1.54) is 0 Å². The molecule has 6 heteroatoms. The molecule has 1 amide bonds. The van der Waals surface area contributed by atoms with E-state index in [4.69, 9.17) is 16.1 Å². The molecule has 0 unspecified atom stereocenters. The molecule has 0 bridgehead atoms. The Kier molecular flexibility index (Phi) is 3.53. The molecule has 0 aliphatic rings. The minimum atomic E-state index is -0.307. The molecule has 0 aliphatic heterocycles. The van der Waals surface area contributed by atoms with Gasteiger partial charge < -0.3 is 9.84 Å². The van der Waals surface area contributed by atoms with Crippen LogP contribution >= 0.6 is 11.6 Å². The van der Waals surface area contributed by atoms with Crippen LogP contribution in [0.3, 0.4) is 0 Å². The fraction of sp³-hybridized carbons (Fsp3) is 0.167. The van der Waals surface area contributed by atoms with Crippen LogP contribution in [0.15, 0.2) is 28.8 Å². The van der Waals surface area contributed by atoms with Crippen LogP contribution in [0.2, 0.25) is 5.02 Å². The van der Waals surface area contributed by atoms with Gasteiger partial charge in [0.1, 0.15) is 0 Å². The number of carbonyl (C=O) groups is 1. The van der Waals surface area contributed by atoms with Crippen molar-refractivity contribution < 1.29 is 9.32 Å². The first-order valence-electron chi connectivity index (χ1n) is 5.32. The Hall–Kier alpha value is -2.01. The van der Waals surface area contributed by atoms with Crippen molar-refractivity contribution in [3.8, 4) is 0 Å². The zero-order valence-corrected chi connectivity index (χ0v) is 10.7. The Morgan fingerprint density at radius 3 is 2.78 bits per heavy atom. The number of halogens is 1. The summed E-state index contributed by atoms with van der Waals surface area (Å²) in [5.41, 5.74) is 1.83. The zero-order valence-electron chi connectivity index (χ0n) is 9.95. The van der Waals surface area contributed by atoms with Gasteiger partial charge in [0.25, 0.3) is 5.91 Å². The Morgan fingerprint density at radius 2 is 2.17 bits per heavy atom. The highest BCUT2D eigenvalue weighted by Gasteiger charge is 2.13. The van der Waals surface area contributed by atoms with E-state index in [-0.39, 0.29) is 5.91 Å². The molecule has 1 aromatic carbocycles. The normalized spacial score (nSPS) is 10.2. The number of benzene rings is 1. The number of rotatable bonds is 3. The number of hydrogen-bond donors (Lipinski definition) is 2. The van der Waals surface area contributed by atoms with E-state index in [1.807, 2.05) is 0 Å². The van der Waals surface area contributed by atoms with Crippen LogP contribution in [0.5, 0.6) is 0 Å². The largest absolute Gasteiger partial charge is 0.387 e. The van der Waals surface area contributed by atoms with Gasteiger partial charge in [-0.15, -0.1) is 0 Å². The van der Waals surface area contributed by atoms with Gasteiger partial charge >= 0.3 is 0 Å². The Morgan fingerprint density at radius 1 is 1.39 bits per heavy atom. The minimum absolute atomic E-state index is 0.305. The molecule has 0 atom stereocenters. The third-order valence-electron chi connectivity index (χ3n) is 2.36. The molecule has 0 spiro atoms. The maximum atomic E-state index is 12.1. The molecule has 1 aromatic heterocycles. The highest BCUT2D eigenvalue weighted by Crippen LogP contribution is 2.21. The van der Waals surface area contributed by atoms with Crippen molar-refractivity contribution in [2.75, 3.05) is 17.7 Å². The Balaban J connectivity index is 2.25. The molecular weight excluding hydrogens is 254 g/mol. The van der Waals surface area contributed by atoms with Crippen LogP contribution in [0.1, 0.15) is 16.1 Å². The first-order chi connectivity index (χ1) is 8.60. The fourth-order valence-corrected chi connectivity index (χ4v) is 1.70. The molecule has 18 heavy (non-hydrogen) atoms. The lowest BCUT2D eigenvalue weighted by molar-refractivity contribution is 0.102. The van der Waals surface area contributed by atoms with Gasteiger partial charge in [-0.2, -0.15) is 0 Å². The molecule has 0 radical (unpaired) electrons. The summed E-state index contributed by atoms with van der Waals surface area (Å²) in [4.78, 5) is 12.1. The highest BCUT2D eigenvalue weighted by molar-refractivity contribution is 6.31. The van der Waals surface area contributed by atoms with Gasteiger partial charge in [0, 0.05) is 23.8 Å². The van der Waals surface area contributed by atoms with Crippen LogP contribution in [-0.4, -0.2) is 18.1 Å². The molecule has 2 aromatic rings. The van der Waals surface area contributed by atoms with Gasteiger partial charge in [-0.25, -0.2) is 0 Å². The summed E-state index contributed by atoms with van der Waals surface area (Å²) < 4.78 is 4.92. The lowest BCUT2D eigenvalue weighted by Gasteiger charge is -2.08. The second kappa shape index (κ2) is 5.10. The van der Waals surface area contributed by atoms with Crippen molar-refractivity contribution >= 4 is 29.1 Å². The van der Waals surface area contributed by atoms with Crippen molar-refractivity contribution in [2.24, 2.45) is 0 Å². The predicted molar refractivity (Wildman–Crippen MR) is 70.2 cm³/mol. The highest BCUT2D eigenvalue weighted by atomic mass is 35.5. The van der Waals surface area contributed by atoms with Gasteiger partial charge in [0.15, 0.2) is 0 Å². The van der Waals surface area contributed by atoms with Crippen molar-refractivity contribution in [1.29, 1.82) is 0 Å². The van der Waals surface area contributed by atoms with E-state index in [0.717, 1.165) is 0 Å². The topological polar surface area (TPSA) is 67.2 Å². The Bertz CT molecular complexity index is 580. The number of aromatic nitrogens is 1. The molecule has 0 aliphatic carbocycles. The molecule has 5 nitrogen and oxygen atoms in total. The molecule has 94 valence electrons. The second-order valence-corrected chi connectivity index (χ2v) is 4.16. The second-order valence-electron chi connectivity index (χ2n) is 3.73. The lowest BCUT2D eigenvalue weighted by atomic mass is 10.1. The first-order valence-corrected chi connectivity index (χ1v) is 5.70. The first kappa shape index (κ1) is 12.4. The molecule has 0 saturated carbocycles. The number of carbonyl (C=O) groups excluding carboxylic acids is 1. The molecule has 1 heterocycles. The number of hydrogen-bond acceptors (Lipinski definition) is 4. The average molecular weight is 266 g/mol. The van der Waals surface area contributed by atoms with E-state index in [2.05, 4.69) is 15.8 Å². The number of anilines is 2. The summed E-state index contributed by atoms with van der Waals surface area (Å²) >= 11 is 5.88. The van der Waals surface area contributed by atoms with E-state index in [9.17, 15) is 4.79 Å².